The summed E-state index contributed by atoms with van der Waals surface area (Å²) in [5.41, 5.74) is 3.94. The molecule has 0 aromatic heterocycles. The van der Waals surface area contributed by atoms with Crippen LogP contribution < -0.4 is 5.32 Å². The highest BCUT2D eigenvalue weighted by atomic mass is 16.5. The average Bonchev–Trinajstić information content (AvgIpc) is 3.43. The first-order valence-corrected chi connectivity index (χ1v) is 11.9. The Labute approximate surface area is 205 Å². The number of hydrogen-bond donors (Lipinski definition) is 2. The Hall–Kier alpha value is -3.39. The smallest absolute Gasteiger partial charge is 0.407 e. The predicted molar refractivity (Wildman–Crippen MR) is 130 cm³/mol. The van der Waals surface area contributed by atoms with Gasteiger partial charge in [-0.1, -0.05) is 48.5 Å². The third kappa shape index (κ3) is 5.65. The number of benzene rings is 2. The van der Waals surface area contributed by atoms with Crippen LogP contribution in [0.15, 0.2) is 48.5 Å². The number of carboxylic acid groups (broad SMARTS) is 1. The Morgan fingerprint density at radius 3 is 2.20 bits per heavy atom. The van der Waals surface area contributed by atoms with Crippen molar-refractivity contribution >= 4 is 18.0 Å². The lowest BCUT2D eigenvalue weighted by Gasteiger charge is -2.27. The number of likely N-dealkylation sites (tertiary alicyclic amines) is 1. The number of carbonyl (C=O) groups excluding carboxylic acids is 2. The molecule has 2 atom stereocenters. The lowest BCUT2D eigenvalue weighted by atomic mass is 9.98. The minimum Gasteiger partial charge on any atom is -0.481 e. The number of aliphatic carboxylic acids is 1. The zero-order valence-corrected chi connectivity index (χ0v) is 20.3. The summed E-state index contributed by atoms with van der Waals surface area (Å²) >= 11 is 0. The highest BCUT2D eigenvalue weighted by molar-refractivity contribution is 5.87. The van der Waals surface area contributed by atoms with E-state index in [4.69, 9.17) is 9.47 Å². The maximum Gasteiger partial charge on any atom is 0.407 e. The zero-order chi connectivity index (χ0) is 25.2. The summed E-state index contributed by atoms with van der Waals surface area (Å²) in [4.78, 5) is 38.7. The molecule has 1 aliphatic heterocycles. The third-order valence-corrected chi connectivity index (χ3v) is 6.47. The molecule has 4 rings (SSSR count). The molecule has 2 N–H and O–H groups in total. The normalized spacial score (nSPS) is 18.0. The Morgan fingerprint density at radius 2 is 1.66 bits per heavy atom. The zero-order valence-electron chi connectivity index (χ0n) is 20.3. The molecule has 1 fully saturated rings. The number of carbonyl (C=O) groups is 3. The van der Waals surface area contributed by atoms with Crippen molar-refractivity contribution in [3.8, 4) is 11.1 Å². The Kier molecular flexibility index (Phi) is 7.12. The number of ether oxygens (including phenoxy) is 2. The highest BCUT2D eigenvalue weighted by Gasteiger charge is 2.36. The van der Waals surface area contributed by atoms with Gasteiger partial charge >= 0.3 is 12.1 Å². The average molecular weight is 481 g/mol. The molecular weight excluding hydrogens is 448 g/mol. The van der Waals surface area contributed by atoms with Crippen LogP contribution in [-0.4, -0.2) is 65.9 Å². The minimum atomic E-state index is -0.975. The number of hydrogen-bond acceptors (Lipinski definition) is 5. The summed E-state index contributed by atoms with van der Waals surface area (Å²) in [6, 6.07) is 15.1. The fourth-order valence-electron chi connectivity index (χ4n) is 4.67. The maximum atomic E-state index is 13.1. The van der Waals surface area contributed by atoms with Gasteiger partial charge < -0.3 is 24.8 Å². The summed E-state index contributed by atoms with van der Waals surface area (Å²) in [7, 11) is 0. The molecule has 2 amide bonds. The van der Waals surface area contributed by atoms with Gasteiger partial charge in [0.25, 0.3) is 0 Å². The van der Waals surface area contributed by atoms with Crippen LogP contribution in [0.5, 0.6) is 0 Å². The molecule has 35 heavy (non-hydrogen) atoms. The van der Waals surface area contributed by atoms with E-state index < -0.39 is 29.6 Å². The molecule has 2 aromatic rings. The third-order valence-electron chi connectivity index (χ3n) is 6.47. The summed E-state index contributed by atoms with van der Waals surface area (Å²) in [6.45, 7) is 6.11. The molecule has 186 valence electrons. The van der Waals surface area contributed by atoms with Gasteiger partial charge in [0.05, 0.1) is 18.1 Å². The number of nitrogens with zero attached hydrogens (tertiary/aromatic N) is 1. The molecule has 2 aromatic carbocycles. The molecule has 0 spiro atoms. The number of alkyl carbamates (subject to hydrolysis) is 1. The second-order valence-electron chi connectivity index (χ2n) is 10.1. The largest absolute Gasteiger partial charge is 0.481 e. The van der Waals surface area contributed by atoms with E-state index >= 15 is 0 Å². The van der Waals surface area contributed by atoms with Gasteiger partial charge in [0.1, 0.15) is 12.6 Å². The Bertz CT molecular complexity index is 1060. The quantitative estimate of drug-likeness (QED) is 0.627. The van der Waals surface area contributed by atoms with Crippen LogP contribution in [0, 0.1) is 5.92 Å². The van der Waals surface area contributed by atoms with Crippen molar-refractivity contribution in [1.29, 1.82) is 0 Å². The first kappa shape index (κ1) is 24.7. The molecule has 1 heterocycles. The fraction of sp³-hybridized carbons (Fsp3) is 0.444. The topological polar surface area (TPSA) is 105 Å². The maximum absolute atomic E-state index is 13.1. The van der Waals surface area contributed by atoms with Crippen LogP contribution in [0.3, 0.4) is 0 Å². The van der Waals surface area contributed by atoms with E-state index in [9.17, 15) is 19.5 Å². The molecule has 0 radical (unpaired) electrons. The SMILES string of the molecule is CC(C)(C)OC[C@H](NC(=O)OCC1c2ccccc2-c2ccccc21)C(=O)N1CCC(C(=O)O)C1. The molecular formula is C27H32N2O6. The van der Waals surface area contributed by atoms with Gasteiger partial charge in [-0.15, -0.1) is 0 Å². The molecule has 0 saturated carbocycles. The first-order valence-electron chi connectivity index (χ1n) is 11.9. The number of carboxylic acids is 1. The van der Waals surface area contributed by atoms with Gasteiger partial charge in [0.2, 0.25) is 5.91 Å². The summed E-state index contributed by atoms with van der Waals surface area (Å²) in [5.74, 6) is -1.99. The first-order chi connectivity index (χ1) is 16.6. The van der Waals surface area contributed by atoms with Crippen molar-refractivity contribution in [2.75, 3.05) is 26.3 Å². The van der Waals surface area contributed by atoms with Crippen molar-refractivity contribution in [2.24, 2.45) is 5.92 Å². The standard InChI is InChI=1S/C27H32N2O6/c1-27(2,3)35-16-23(24(30)29-13-12-17(14-29)25(31)32)28-26(33)34-15-22-20-10-6-4-8-18(20)19-9-5-7-11-21(19)22/h4-11,17,22-23H,12-16H2,1-3H3,(H,28,33)(H,31,32)/t17?,23-/m0/s1. The van der Waals surface area contributed by atoms with Crippen molar-refractivity contribution in [3.63, 3.8) is 0 Å². The summed E-state index contributed by atoms with van der Waals surface area (Å²) in [5, 5.41) is 11.9. The molecule has 1 aliphatic carbocycles. The Morgan fingerprint density at radius 1 is 1.06 bits per heavy atom. The molecule has 1 saturated heterocycles. The van der Waals surface area contributed by atoms with Crippen LogP contribution in [0.4, 0.5) is 4.79 Å². The fourth-order valence-corrected chi connectivity index (χ4v) is 4.67. The van der Waals surface area contributed by atoms with Crippen molar-refractivity contribution in [2.45, 2.75) is 44.8 Å². The van der Waals surface area contributed by atoms with Gasteiger partial charge in [0, 0.05) is 19.0 Å². The van der Waals surface area contributed by atoms with Crippen LogP contribution in [-0.2, 0) is 19.1 Å². The lowest BCUT2D eigenvalue weighted by molar-refractivity contribution is -0.141. The van der Waals surface area contributed by atoms with E-state index in [1.165, 1.54) is 4.90 Å². The molecule has 0 bridgehead atoms. The van der Waals surface area contributed by atoms with Gasteiger partial charge in [-0.25, -0.2) is 4.79 Å². The van der Waals surface area contributed by atoms with Gasteiger partial charge in [-0.05, 0) is 49.4 Å². The number of rotatable bonds is 7. The lowest BCUT2D eigenvalue weighted by Crippen LogP contribution is -2.51. The second kappa shape index (κ2) is 10.1. The molecule has 1 unspecified atom stereocenters. The van der Waals surface area contributed by atoms with Crippen LogP contribution in [0.2, 0.25) is 0 Å². The van der Waals surface area contributed by atoms with Crippen molar-refractivity contribution in [3.05, 3.63) is 59.7 Å². The molecule has 2 aliphatic rings. The van der Waals surface area contributed by atoms with E-state index in [0.29, 0.717) is 13.0 Å². The Balaban J connectivity index is 1.42. The summed E-state index contributed by atoms with van der Waals surface area (Å²) < 4.78 is 11.4. The minimum absolute atomic E-state index is 0.0409. The van der Waals surface area contributed by atoms with Gasteiger partial charge in [0.15, 0.2) is 0 Å². The van der Waals surface area contributed by atoms with Crippen LogP contribution in [0.25, 0.3) is 11.1 Å². The van der Waals surface area contributed by atoms with Gasteiger partial charge in [-0.3, -0.25) is 9.59 Å². The molecule has 8 heteroatoms. The van der Waals surface area contributed by atoms with Crippen molar-refractivity contribution in [1.82, 2.24) is 10.2 Å². The van der Waals surface area contributed by atoms with E-state index in [0.717, 1.165) is 22.3 Å². The summed E-state index contributed by atoms with van der Waals surface area (Å²) in [6.07, 6.45) is -0.324. The monoisotopic (exact) mass is 480 g/mol. The van der Waals surface area contributed by atoms with E-state index in [1.54, 1.807) is 0 Å². The number of amides is 2. The van der Waals surface area contributed by atoms with E-state index in [-0.39, 0.29) is 31.6 Å². The van der Waals surface area contributed by atoms with E-state index in [1.807, 2.05) is 57.2 Å². The molecule has 8 nitrogen and oxygen atoms in total. The van der Waals surface area contributed by atoms with Gasteiger partial charge in [-0.2, -0.15) is 0 Å². The number of nitrogens with one attached hydrogen (secondary N) is 1. The predicted octanol–water partition coefficient (Wildman–Crippen LogP) is 3.64. The van der Waals surface area contributed by atoms with Crippen LogP contribution >= 0.6 is 0 Å². The highest BCUT2D eigenvalue weighted by Crippen LogP contribution is 2.44. The van der Waals surface area contributed by atoms with Crippen molar-refractivity contribution < 1.29 is 29.0 Å². The second-order valence-corrected chi connectivity index (χ2v) is 10.1. The van der Waals surface area contributed by atoms with Crippen LogP contribution in [0.1, 0.15) is 44.2 Å². The van der Waals surface area contributed by atoms with E-state index in [2.05, 4.69) is 17.4 Å². The number of fused-ring (bicyclic) bond motifs is 3.